The molecule has 6 nitrogen and oxygen atoms in total. The molecule has 158 valence electrons. The minimum atomic E-state index is -0.241. The lowest BCUT2D eigenvalue weighted by Crippen LogP contribution is -2.25. The van der Waals surface area contributed by atoms with Crippen molar-refractivity contribution in [2.24, 2.45) is 0 Å². The molecule has 0 saturated heterocycles. The third kappa shape index (κ3) is 5.48. The first-order chi connectivity index (χ1) is 15.0. The maximum absolute atomic E-state index is 12.7. The van der Waals surface area contributed by atoms with Gasteiger partial charge in [0.15, 0.2) is 0 Å². The van der Waals surface area contributed by atoms with Crippen molar-refractivity contribution in [2.45, 2.75) is 39.3 Å². The van der Waals surface area contributed by atoms with Gasteiger partial charge in [-0.3, -0.25) is 14.6 Å². The molecule has 31 heavy (non-hydrogen) atoms. The number of ether oxygens (including phenoxy) is 1. The van der Waals surface area contributed by atoms with E-state index >= 15 is 0 Å². The average molecular weight is 415 g/mol. The third-order valence-corrected chi connectivity index (χ3v) is 5.11. The van der Waals surface area contributed by atoms with E-state index in [4.69, 9.17) is 4.74 Å². The number of carbonyl (C=O) groups excluding carboxylic acids is 2. The van der Waals surface area contributed by atoms with Crippen LogP contribution in [0.25, 0.3) is 0 Å². The van der Waals surface area contributed by atoms with Gasteiger partial charge in [0.25, 0.3) is 11.8 Å². The van der Waals surface area contributed by atoms with Crippen LogP contribution in [-0.4, -0.2) is 22.8 Å². The largest absolute Gasteiger partial charge is 0.487 e. The Labute approximate surface area is 181 Å². The molecule has 0 aliphatic heterocycles. The number of aromatic nitrogens is 1. The lowest BCUT2D eigenvalue weighted by Gasteiger charge is -2.12. The summed E-state index contributed by atoms with van der Waals surface area (Å²) in [5.41, 5.74) is 4.36. The smallest absolute Gasteiger partial charge is 0.255 e. The number of rotatable bonds is 7. The molecule has 0 atom stereocenters. The molecule has 1 aliphatic rings. The molecular weight excluding hydrogens is 390 g/mol. The zero-order valence-corrected chi connectivity index (χ0v) is 17.6. The SMILES string of the molecule is Cc1cccc(COc2ccc(C(=O)Nc3cc(C(=O)NC4CC4)ccc3C)cc2)n1. The molecule has 0 unspecified atom stereocenters. The Kier molecular flexibility index (Phi) is 5.98. The first-order valence-corrected chi connectivity index (χ1v) is 10.4. The number of nitrogens with zero attached hydrogens (tertiary/aromatic N) is 1. The Hall–Kier alpha value is -3.67. The summed E-state index contributed by atoms with van der Waals surface area (Å²) in [6, 6.07) is 18.4. The Morgan fingerprint density at radius 3 is 2.42 bits per heavy atom. The van der Waals surface area contributed by atoms with Gasteiger partial charge in [-0.1, -0.05) is 12.1 Å². The van der Waals surface area contributed by atoms with Crippen LogP contribution in [0.15, 0.2) is 60.7 Å². The molecule has 0 radical (unpaired) electrons. The molecule has 1 aromatic heterocycles. The van der Waals surface area contributed by atoms with Crippen molar-refractivity contribution < 1.29 is 14.3 Å². The summed E-state index contributed by atoms with van der Waals surface area (Å²) in [7, 11) is 0. The number of benzene rings is 2. The number of amides is 2. The summed E-state index contributed by atoms with van der Waals surface area (Å²) < 4.78 is 5.76. The molecule has 2 aromatic carbocycles. The number of hydrogen-bond donors (Lipinski definition) is 2. The highest BCUT2D eigenvalue weighted by molar-refractivity contribution is 6.05. The second-order valence-corrected chi connectivity index (χ2v) is 7.81. The van der Waals surface area contributed by atoms with E-state index in [-0.39, 0.29) is 17.9 Å². The van der Waals surface area contributed by atoms with Crippen molar-refractivity contribution in [3.05, 3.63) is 88.7 Å². The standard InChI is InChI=1S/C25H25N3O3/c1-16-6-7-19(25(30)27-20-10-11-20)14-23(16)28-24(29)18-8-12-22(13-9-18)31-15-21-5-3-4-17(2)26-21/h3-9,12-14,20H,10-11,15H2,1-2H3,(H,27,30)(H,28,29). The number of anilines is 1. The fourth-order valence-electron chi connectivity index (χ4n) is 3.13. The van der Waals surface area contributed by atoms with Gasteiger partial charge < -0.3 is 15.4 Å². The predicted octanol–water partition coefficient (Wildman–Crippen LogP) is 4.42. The highest BCUT2D eigenvalue weighted by atomic mass is 16.5. The van der Waals surface area contributed by atoms with Crippen molar-refractivity contribution in [3.63, 3.8) is 0 Å². The molecule has 6 heteroatoms. The summed E-state index contributed by atoms with van der Waals surface area (Å²) in [5, 5.41) is 5.87. The number of pyridine rings is 1. The van der Waals surface area contributed by atoms with E-state index < -0.39 is 0 Å². The minimum absolute atomic E-state index is 0.109. The molecule has 3 aromatic rings. The second kappa shape index (κ2) is 9.00. The number of aryl methyl sites for hydroxylation is 2. The molecule has 2 amide bonds. The van der Waals surface area contributed by atoms with Gasteiger partial charge in [0.2, 0.25) is 0 Å². The van der Waals surface area contributed by atoms with E-state index in [9.17, 15) is 9.59 Å². The molecule has 1 fully saturated rings. The van der Waals surface area contributed by atoms with Gasteiger partial charge >= 0.3 is 0 Å². The Morgan fingerprint density at radius 1 is 0.968 bits per heavy atom. The van der Waals surface area contributed by atoms with Crippen molar-refractivity contribution in [1.29, 1.82) is 0 Å². The van der Waals surface area contributed by atoms with Gasteiger partial charge in [-0.05, 0) is 80.8 Å². The fourth-order valence-corrected chi connectivity index (χ4v) is 3.13. The zero-order valence-electron chi connectivity index (χ0n) is 17.6. The van der Waals surface area contributed by atoms with E-state index in [1.54, 1.807) is 36.4 Å². The first kappa shape index (κ1) is 20.6. The van der Waals surface area contributed by atoms with Crippen LogP contribution in [0.4, 0.5) is 5.69 Å². The molecule has 0 bridgehead atoms. The second-order valence-electron chi connectivity index (χ2n) is 7.81. The van der Waals surface area contributed by atoms with Gasteiger partial charge in [0.1, 0.15) is 12.4 Å². The summed E-state index contributed by atoms with van der Waals surface area (Å²) >= 11 is 0. The highest BCUT2D eigenvalue weighted by Crippen LogP contribution is 2.22. The van der Waals surface area contributed by atoms with Crippen LogP contribution in [0, 0.1) is 13.8 Å². The third-order valence-electron chi connectivity index (χ3n) is 5.11. The minimum Gasteiger partial charge on any atom is -0.487 e. The Bertz CT molecular complexity index is 1110. The lowest BCUT2D eigenvalue weighted by atomic mass is 10.1. The van der Waals surface area contributed by atoms with Gasteiger partial charge in [-0.2, -0.15) is 0 Å². The molecular formula is C25H25N3O3. The molecule has 1 aliphatic carbocycles. The maximum atomic E-state index is 12.7. The van der Waals surface area contributed by atoms with Crippen molar-refractivity contribution >= 4 is 17.5 Å². The Morgan fingerprint density at radius 2 is 1.71 bits per heavy atom. The van der Waals surface area contributed by atoms with E-state index in [1.165, 1.54) is 0 Å². The Balaban J connectivity index is 1.38. The highest BCUT2D eigenvalue weighted by Gasteiger charge is 2.24. The van der Waals surface area contributed by atoms with Crippen LogP contribution in [0.5, 0.6) is 5.75 Å². The van der Waals surface area contributed by atoms with E-state index in [2.05, 4.69) is 15.6 Å². The average Bonchev–Trinajstić information content (AvgIpc) is 3.58. The number of nitrogens with one attached hydrogen (secondary N) is 2. The summed E-state index contributed by atoms with van der Waals surface area (Å²) in [5.74, 6) is 0.312. The van der Waals surface area contributed by atoms with E-state index in [0.717, 1.165) is 29.8 Å². The predicted molar refractivity (Wildman–Crippen MR) is 119 cm³/mol. The van der Waals surface area contributed by atoms with E-state index in [0.29, 0.717) is 29.2 Å². The topological polar surface area (TPSA) is 80.3 Å². The van der Waals surface area contributed by atoms with Crippen LogP contribution < -0.4 is 15.4 Å². The number of carbonyl (C=O) groups is 2. The zero-order chi connectivity index (χ0) is 21.8. The first-order valence-electron chi connectivity index (χ1n) is 10.4. The summed E-state index contributed by atoms with van der Waals surface area (Å²) in [4.78, 5) is 29.4. The molecule has 0 spiro atoms. The quantitative estimate of drug-likeness (QED) is 0.599. The molecule has 1 heterocycles. The summed E-state index contributed by atoms with van der Waals surface area (Å²) in [6.45, 7) is 4.20. The van der Waals surface area contributed by atoms with E-state index in [1.807, 2.05) is 38.1 Å². The fraction of sp³-hybridized carbons (Fsp3) is 0.240. The van der Waals surface area contributed by atoms with Crippen LogP contribution >= 0.6 is 0 Å². The van der Waals surface area contributed by atoms with Crippen molar-refractivity contribution in [3.8, 4) is 5.75 Å². The van der Waals surface area contributed by atoms with Crippen molar-refractivity contribution in [2.75, 3.05) is 5.32 Å². The van der Waals surface area contributed by atoms with Gasteiger partial charge in [0, 0.05) is 28.6 Å². The molecule has 2 N–H and O–H groups in total. The molecule has 1 saturated carbocycles. The monoisotopic (exact) mass is 415 g/mol. The molecule has 4 rings (SSSR count). The van der Waals surface area contributed by atoms with Crippen molar-refractivity contribution in [1.82, 2.24) is 10.3 Å². The lowest BCUT2D eigenvalue weighted by molar-refractivity contribution is 0.0949. The maximum Gasteiger partial charge on any atom is 0.255 e. The van der Waals surface area contributed by atoms with Crippen LogP contribution in [0.2, 0.25) is 0 Å². The summed E-state index contributed by atoms with van der Waals surface area (Å²) in [6.07, 6.45) is 2.06. The van der Waals surface area contributed by atoms with Gasteiger partial charge in [-0.25, -0.2) is 0 Å². The number of hydrogen-bond acceptors (Lipinski definition) is 4. The van der Waals surface area contributed by atoms with Crippen LogP contribution in [0.1, 0.15) is 50.5 Å². The van der Waals surface area contributed by atoms with Crippen LogP contribution in [-0.2, 0) is 6.61 Å². The normalized spacial score (nSPS) is 12.8. The van der Waals surface area contributed by atoms with Gasteiger partial charge in [-0.15, -0.1) is 0 Å². The van der Waals surface area contributed by atoms with Crippen LogP contribution in [0.3, 0.4) is 0 Å². The van der Waals surface area contributed by atoms with Gasteiger partial charge in [0.05, 0.1) is 5.69 Å².